The average Bonchev–Trinajstić information content (AvgIpc) is 3.32. The fourth-order valence-electron chi connectivity index (χ4n) is 6.55. The third-order valence-electron chi connectivity index (χ3n) is 7.84. The van der Waals surface area contributed by atoms with Gasteiger partial charge in [0.25, 0.3) is 0 Å². The summed E-state index contributed by atoms with van der Waals surface area (Å²) in [6, 6.07) is 1.75. The van der Waals surface area contributed by atoms with E-state index in [-0.39, 0.29) is 24.9 Å². The first-order chi connectivity index (χ1) is 12.8. The summed E-state index contributed by atoms with van der Waals surface area (Å²) in [5.41, 5.74) is -2.70. The molecular formula is C20H24O7. The number of aliphatic hydroxyl groups is 2. The first-order valence-corrected chi connectivity index (χ1v) is 9.63. The second-order valence-corrected chi connectivity index (χ2v) is 8.88. The van der Waals surface area contributed by atoms with Crippen LogP contribution in [0.4, 0.5) is 0 Å². The van der Waals surface area contributed by atoms with E-state index in [2.05, 4.69) is 0 Å². The van der Waals surface area contributed by atoms with Crippen LogP contribution >= 0.6 is 0 Å². The van der Waals surface area contributed by atoms with Crippen molar-refractivity contribution < 1.29 is 33.7 Å². The monoisotopic (exact) mass is 376 g/mol. The highest BCUT2D eigenvalue weighted by Gasteiger charge is 2.76. The van der Waals surface area contributed by atoms with Crippen molar-refractivity contribution in [3.63, 3.8) is 0 Å². The summed E-state index contributed by atoms with van der Waals surface area (Å²) in [5, 5.41) is 22.4. The molecule has 7 nitrogen and oxygen atoms in total. The summed E-state index contributed by atoms with van der Waals surface area (Å²) in [5.74, 6) is -1.55. The van der Waals surface area contributed by atoms with E-state index in [1.165, 1.54) is 6.26 Å². The Morgan fingerprint density at radius 3 is 2.78 bits per heavy atom. The van der Waals surface area contributed by atoms with E-state index in [0.717, 1.165) is 12.0 Å². The van der Waals surface area contributed by atoms with Gasteiger partial charge in [0.2, 0.25) is 0 Å². The molecule has 4 fully saturated rings. The van der Waals surface area contributed by atoms with Gasteiger partial charge in [-0.3, -0.25) is 9.59 Å². The van der Waals surface area contributed by atoms with Gasteiger partial charge in [-0.25, -0.2) is 0 Å². The second-order valence-electron chi connectivity index (χ2n) is 8.88. The maximum Gasteiger partial charge on any atom is 0.316 e. The SMILES string of the molecule is C[C@]1(O)C[C@@H](O)[C@@]23COC(=O)[C@@H]2CCC[C@@H]3[C@@]12C[C@@H](c1ccoc1)OC2=O. The summed E-state index contributed by atoms with van der Waals surface area (Å²) >= 11 is 0. The van der Waals surface area contributed by atoms with Crippen LogP contribution in [-0.2, 0) is 19.1 Å². The lowest BCUT2D eigenvalue weighted by atomic mass is 9.42. The number of carbonyl (C=O) groups is 2. The number of fused-ring (bicyclic) bond motifs is 1. The van der Waals surface area contributed by atoms with Gasteiger partial charge in [-0.05, 0) is 31.7 Å². The number of ether oxygens (including phenoxy) is 2. The Bertz CT molecular complexity index is 784. The molecule has 2 aliphatic carbocycles. The standard InChI is InChI=1S/C20H24O7/c1-18(24)8-15(21)19-10-26-16(22)12(19)3-2-4-14(19)20(18)7-13(27-17(20)23)11-5-6-25-9-11/h5-6,9,12-15,21,24H,2-4,7-8,10H2,1H3/t12-,13-,14-,15+,18-,19-,20+/m0/s1. The number of hydrogen-bond donors (Lipinski definition) is 2. The van der Waals surface area contributed by atoms with Crippen molar-refractivity contribution in [1.82, 2.24) is 0 Å². The largest absolute Gasteiger partial charge is 0.472 e. The minimum absolute atomic E-state index is 0.0177. The fraction of sp³-hybridized carbons (Fsp3) is 0.700. The topological polar surface area (TPSA) is 106 Å². The van der Waals surface area contributed by atoms with Gasteiger partial charge in [0, 0.05) is 23.8 Å². The lowest BCUT2D eigenvalue weighted by Crippen LogP contribution is -2.69. The summed E-state index contributed by atoms with van der Waals surface area (Å²) in [7, 11) is 0. The Kier molecular flexibility index (Phi) is 3.42. The number of esters is 2. The van der Waals surface area contributed by atoms with Crippen molar-refractivity contribution in [3.05, 3.63) is 24.2 Å². The molecule has 27 heavy (non-hydrogen) atoms. The number of aliphatic hydroxyl groups excluding tert-OH is 1. The molecule has 5 rings (SSSR count). The molecule has 0 aromatic carbocycles. The minimum atomic E-state index is -1.44. The van der Waals surface area contributed by atoms with E-state index in [1.54, 1.807) is 19.3 Å². The number of furan rings is 1. The van der Waals surface area contributed by atoms with Crippen LogP contribution in [0, 0.1) is 22.7 Å². The Labute approximate surface area is 156 Å². The van der Waals surface area contributed by atoms with Gasteiger partial charge >= 0.3 is 11.9 Å². The van der Waals surface area contributed by atoms with Gasteiger partial charge in [0.1, 0.15) is 18.1 Å². The van der Waals surface area contributed by atoms with E-state index in [0.29, 0.717) is 19.3 Å². The van der Waals surface area contributed by atoms with Crippen LogP contribution in [0.15, 0.2) is 23.0 Å². The van der Waals surface area contributed by atoms with Crippen LogP contribution in [0.3, 0.4) is 0 Å². The van der Waals surface area contributed by atoms with E-state index in [9.17, 15) is 19.8 Å². The highest BCUT2D eigenvalue weighted by molar-refractivity contribution is 5.83. The molecule has 7 heteroatoms. The Morgan fingerprint density at radius 2 is 2.04 bits per heavy atom. The van der Waals surface area contributed by atoms with E-state index in [4.69, 9.17) is 13.9 Å². The molecule has 3 heterocycles. The molecule has 2 spiro atoms. The molecule has 0 unspecified atom stereocenters. The Morgan fingerprint density at radius 1 is 1.22 bits per heavy atom. The zero-order valence-electron chi connectivity index (χ0n) is 15.2. The van der Waals surface area contributed by atoms with Gasteiger partial charge in [0.05, 0.1) is 30.1 Å². The van der Waals surface area contributed by atoms with Crippen LogP contribution in [0.1, 0.15) is 50.7 Å². The van der Waals surface area contributed by atoms with Crippen LogP contribution < -0.4 is 0 Å². The maximum atomic E-state index is 13.3. The van der Waals surface area contributed by atoms with E-state index in [1.807, 2.05) is 0 Å². The fourth-order valence-corrected chi connectivity index (χ4v) is 6.55. The highest BCUT2D eigenvalue weighted by atomic mass is 16.6. The minimum Gasteiger partial charge on any atom is -0.472 e. The van der Waals surface area contributed by atoms with Crippen LogP contribution in [0.2, 0.25) is 0 Å². The summed E-state index contributed by atoms with van der Waals surface area (Å²) in [6.07, 6.45) is 4.03. The van der Waals surface area contributed by atoms with Crippen LogP contribution in [0.5, 0.6) is 0 Å². The Balaban J connectivity index is 1.64. The molecule has 7 atom stereocenters. The van der Waals surface area contributed by atoms with Crippen LogP contribution in [-0.4, -0.2) is 40.5 Å². The third kappa shape index (κ3) is 1.94. The van der Waals surface area contributed by atoms with Crippen molar-refractivity contribution in [2.75, 3.05) is 6.61 Å². The van der Waals surface area contributed by atoms with Gasteiger partial charge in [-0.15, -0.1) is 0 Å². The zero-order chi connectivity index (χ0) is 19.0. The normalized spacial score (nSPS) is 48.9. The van der Waals surface area contributed by atoms with Crippen LogP contribution in [0.25, 0.3) is 0 Å². The van der Waals surface area contributed by atoms with E-state index >= 15 is 0 Å². The lowest BCUT2D eigenvalue weighted by molar-refractivity contribution is -0.238. The number of hydrogen-bond acceptors (Lipinski definition) is 7. The Hall–Kier alpha value is -1.86. The third-order valence-corrected chi connectivity index (χ3v) is 7.84. The van der Waals surface area contributed by atoms with Crippen molar-refractivity contribution in [2.45, 2.75) is 56.8 Å². The van der Waals surface area contributed by atoms with Crippen molar-refractivity contribution in [3.8, 4) is 0 Å². The first-order valence-electron chi connectivity index (χ1n) is 9.63. The zero-order valence-corrected chi connectivity index (χ0v) is 15.2. The van der Waals surface area contributed by atoms with Gasteiger partial charge < -0.3 is 24.1 Å². The summed E-state index contributed by atoms with van der Waals surface area (Å²) in [4.78, 5) is 25.7. The summed E-state index contributed by atoms with van der Waals surface area (Å²) < 4.78 is 16.2. The molecule has 146 valence electrons. The molecular weight excluding hydrogens is 352 g/mol. The number of carbonyl (C=O) groups excluding carboxylic acids is 2. The predicted octanol–water partition coefficient (Wildman–Crippen LogP) is 1.73. The number of rotatable bonds is 1. The first kappa shape index (κ1) is 17.3. The average molecular weight is 376 g/mol. The van der Waals surface area contributed by atoms with Gasteiger partial charge in [-0.2, -0.15) is 0 Å². The molecule has 2 N–H and O–H groups in total. The molecule has 2 saturated carbocycles. The van der Waals surface area contributed by atoms with Gasteiger partial charge in [-0.1, -0.05) is 6.42 Å². The van der Waals surface area contributed by atoms with Crippen molar-refractivity contribution >= 4 is 11.9 Å². The molecule has 0 amide bonds. The predicted molar refractivity (Wildman–Crippen MR) is 90.1 cm³/mol. The van der Waals surface area contributed by atoms with Crippen molar-refractivity contribution in [1.29, 1.82) is 0 Å². The molecule has 2 aliphatic heterocycles. The van der Waals surface area contributed by atoms with Gasteiger partial charge in [0.15, 0.2) is 0 Å². The molecule has 1 aromatic heterocycles. The maximum absolute atomic E-state index is 13.3. The van der Waals surface area contributed by atoms with E-state index < -0.39 is 40.5 Å². The quantitative estimate of drug-likeness (QED) is 0.719. The summed E-state index contributed by atoms with van der Waals surface area (Å²) in [6.45, 7) is 1.72. The van der Waals surface area contributed by atoms with Crippen molar-refractivity contribution in [2.24, 2.45) is 22.7 Å². The smallest absolute Gasteiger partial charge is 0.316 e. The second kappa shape index (κ2) is 5.35. The lowest BCUT2D eigenvalue weighted by Gasteiger charge is -2.60. The molecule has 0 radical (unpaired) electrons. The molecule has 1 aromatic rings. The number of cyclic esters (lactones) is 2. The molecule has 4 aliphatic rings. The molecule has 0 bridgehead atoms. The molecule has 2 saturated heterocycles. The highest BCUT2D eigenvalue weighted by Crippen LogP contribution is 2.69.